The van der Waals surface area contributed by atoms with E-state index in [0.29, 0.717) is 6.42 Å². The van der Waals surface area contributed by atoms with Gasteiger partial charge in [-0.05, 0) is 28.7 Å². The number of aliphatic carboxylic acids is 1. The van der Waals surface area contributed by atoms with Crippen molar-refractivity contribution in [2.75, 3.05) is 19.7 Å². The van der Waals surface area contributed by atoms with E-state index >= 15 is 0 Å². The maximum atomic E-state index is 12.7. The van der Waals surface area contributed by atoms with Crippen LogP contribution in [0.3, 0.4) is 0 Å². The van der Waals surface area contributed by atoms with Gasteiger partial charge in [0.25, 0.3) is 0 Å². The zero-order valence-electron chi connectivity index (χ0n) is 17.4. The van der Waals surface area contributed by atoms with Gasteiger partial charge in [-0.2, -0.15) is 0 Å². The molecule has 2 aromatic carbocycles. The molecule has 1 atom stereocenters. The number of ether oxygens (including phenoxy) is 1. The fraction of sp³-hybridized carbons (Fsp3) is 0.292. The van der Waals surface area contributed by atoms with Crippen LogP contribution in [0.25, 0.3) is 11.1 Å². The van der Waals surface area contributed by atoms with Gasteiger partial charge in [0.15, 0.2) is 0 Å². The lowest BCUT2D eigenvalue weighted by molar-refractivity contribution is -0.144. The Balaban J connectivity index is 1.66. The van der Waals surface area contributed by atoms with Crippen molar-refractivity contribution in [3.05, 3.63) is 72.3 Å². The Kier molecular flexibility index (Phi) is 7.07. The molecule has 0 radical (unpaired) electrons. The Morgan fingerprint density at radius 3 is 2.23 bits per heavy atom. The van der Waals surface area contributed by atoms with Gasteiger partial charge in [0, 0.05) is 12.5 Å². The lowest BCUT2D eigenvalue weighted by Crippen LogP contribution is -2.49. The number of benzene rings is 2. The average molecular weight is 422 g/mol. The van der Waals surface area contributed by atoms with E-state index in [0.717, 1.165) is 27.2 Å². The van der Waals surface area contributed by atoms with Gasteiger partial charge in [0.1, 0.15) is 19.2 Å². The van der Waals surface area contributed by atoms with Gasteiger partial charge in [0.2, 0.25) is 5.91 Å². The second kappa shape index (κ2) is 9.93. The molecule has 162 valence electrons. The highest BCUT2D eigenvalue weighted by atomic mass is 16.5. The van der Waals surface area contributed by atoms with E-state index in [9.17, 15) is 14.4 Å². The normalized spacial score (nSPS) is 12.9. The number of alkyl carbamates (subject to hydrolysis) is 1. The molecule has 7 nitrogen and oxygen atoms in total. The number of rotatable bonds is 9. The Morgan fingerprint density at radius 2 is 1.71 bits per heavy atom. The third-order valence-electron chi connectivity index (χ3n) is 5.33. The Hall–Kier alpha value is -3.61. The van der Waals surface area contributed by atoms with Crippen LogP contribution in [0, 0.1) is 0 Å². The third kappa shape index (κ3) is 4.94. The number of fused-ring (bicyclic) bond motifs is 3. The number of hydrogen-bond donors (Lipinski definition) is 2. The summed E-state index contributed by atoms with van der Waals surface area (Å²) in [6.45, 7) is 5.03. The summed E-state index contributed by atoms with van der Waals surface area (Å²) in [6, 6.07) is 15.2. The van der Waals surface area contributed by atoms with E-state index in [-0.39, 0.29) is 19.1 Å². The number of carbonyl (C=O) groups is 3. The first-order chi connectivity index (χ1) is 15.0. The standard InChI is InChI=1S/C24H26N2O5/c1-3-13-26(14-22(27)28)23(29)21(4-2)25-24(30)31-15-20-18-11-7-5-9-16(18)17-10-6-8-12-19(17)20/h3,5-12,20-21H,1,4,13-15H2,2H3,(H,25,30)(H,27,28)/t21-/m0/s1. The van der Waals surface area contributed by atoms with Crippen molar-refractivity contribution in [2.45, 2.75) is 25.3 Å². The van der Waals surface area contributed by atoms with Gasteiger partial charge < -0.3 is 20.1 Å². The number of amides is 2. The van der Waals surface area contributed by atoms with Gasteiger partial charge in [-0.3, -0.25) is 9.59 Å². The molecule has 1 aliphatic carbocycles. The molecule has 0 aliphatic heterocycles. The first-order valence-corrected chi connectivity index (χ1v) is 10.2. The number of carboxylic acid groups (broad SMARTS) is 1. The van der Waals surface area contributed by atoms with Crippen molar-refractivity contribution < 1.29 is 24.2 Å². The van der Waals surface area contributed by atoms with E-state index in [1.54, 1.807) is 6.92 Å². The second-order valence-corrected chi connectivity index (χ2v) is 7.33. The van der Waals surface area contributed by atoms with Crippen LogP contribution < -0.4 is 5.32 Å². The topological polar surface area (TPSA) is 95.9 Å². The SMILES string of the molecule is C=CCN(CC(=O)O)C(=O)[C@H](CC)NC(=O)OCC1c2ccccc2-c2ccccc21. The molecule has 31 heavy (non-hydrogen) atoms. The van der Waals surface area contributed by atoms with Crippen LogP contribution in [0.2, 0.25) is 0 Å². The predicted molar refractivity (Wildman–Crippen MR) is 117 cm³/mol. The summed E-state index contributed by atoms with van der Waals surface area (Å²) in [5.74, 6) is -1.71. The number of nitrogens with one attached hydrogen (secondary N) is 1. The average Bonchev–Trinajstić information content (AvgIpc) is 3.09. The maximum absolute atomic E-state index is 12.7. The first kappa shape index (κ1) is 22.1. The molecule has 2 amide bonds. The van der Waals surface area contributed by atoms with E-state index in [4.69, 9.17) is 9.84 Å². The van der Waals surface area contributed by atoms with Crippen LogP contribution in [-0.4, -0.2) is 53.7 Å². The van der Waals surface area contributed by atoms with Crippen LogP contribution >= 0.6 is 0 Å². The Morgan fingerprint density at radius 1 is 1.13 bits per heavy atom. The van der Waals surface area contributed by atoms with Crippen molar-refractivity contribution >= 4 is 18.0 Å². The lowest BCUT2D eigenvalue weighted by Gasteiger charge is -2.25. The molecule has 0 unspecified atom stereocenters. The molecule has 0 heterocycles. The molecule has 2 N–H and O–H groups in total. The molecule has 2 aromatic rings. The molecule has 0 aromatic heterocycles. The number of hydrogen-bond acceptors (Lipinski definition) is 4. The number of carboxylic acids is 1. The molecule has 7 heteroatoms. The van der Waals surface area contributed by atoms with E-state index in [1.807, 2.05) is 36.4 Å². The van der Waals surface area contributed by atoms with Crippen LogP contribution in [0.5, 0.6) is 0 Å². The minimum Gasteiger partial charge on any atom is -0.480 e. The predicted octanol–water partition coefficient (Wildman–Crippen LogP) is 3.40. The molecule has 0 fully saturated rings. The van der Waals surface area contributed by atoms with Crippen molar-refractivity contribution in [3.8, 4) is 11.1 Å². The summed E-state index contributed by atoms with van der Waals surface area (Å²) < 4.78 is 5.49. The molecule has 1 aliphatic rings. The van der Waals surface area contributed by atoms with Gasteiger partial charge in [-0.1, -0.05) is 61.5 Å². The van der Waals surface area contributed by atoms with Crippen molar-refractivity contribution in [1.29, 1.82) is 0 Å². The zero-order chi connectivity index (χ0) is 22.4. The van der Waals surface area contributed by atoms with Gasteiger partial charge in [0.05, 0.1) is 0 Å². The molecule has 0 saturated heterocycles. The summed E-state index contributed by atoms with van der Waals surface area (Å²) in [6.07, 6.45) is 1.04. The smallest absolute Gasteiger partial charge is 0.407 e. The molecular formula is C24H26N2O5. The minimum atomic E-state index is -1.13. The maximum Gasteiger partial charge on any atom is 0.407 e. The number of nitrogens with zero attached hydrogens (tertiary/aromatic N) is 1. The van der Waals surface area contributed by atoms with Crippen molar-refractivity contribution in [2.24, 2.45) is 0 Å². The van der Waals surface area contributed by atoms with E-state index < -0.39 is 30.6 Å². The van der Waals surface area contributed by atoms with Crippen LogP contribution in [-0.2, 0) is 14.3 Å². The van der Waals surface area contributed by atoms with Crippen molar-refractivity contribution in [1.82, 2.24) is 10.2 Å². The molecular weight excluding hydrogens is 396 g/mol. The van der Waals surface area contributed by atoms with Gasteiger partial charge >= 0.3 is 12.1 Å². The van der Waals surface area contributed by atoms with Crippen LogP contribution in [0.1, 0.15) is 30.4 Å². The monoisotopic (exact) mass is 422 g/mol. The third-order valence-corrected chi connectivity index (χ3v) is 5.33. The lowest BCUT2D eigenvalue weighted by atomic mass is 9.98. The van der Waals surface area contributed by atoms with E-state index in [2.05, 4.69) is 24.0 Å². The van der Waals surface area contributed by atoms with Crippen LogP contribution in [0.4, 0.5) is 4.79 Å². The fourth-order valence-electron chi connectivity index (χ4n) is 3.89. The highest BCUT2D eigenvalue weighted by Gasteiger charge is 2.30. The highest BCUT2D eigenvalue weighted by Crippen LogP contribution is 2.44. The molecule has 0 spiro atoms. The highest BCUT2D eigenvalue weighted by molar-refractivity contribution is 5.88. The Labute approximate surface area is 181 Å². The largest absolute Gasteiger partial charge is 0.480 e. The Bertz CT molecular complexity index is 942. The molecule has 3 rings (SSSR count). The minimum absolute atomic E-state index is 0.0774. The van der Waals surface area contributed by atoms with Crippen LogP contribution in [0.15, 0.2) is 61.2 Å². The number of carbonyl (C=O) groups excluding carboxylic acids is 2. The van der Waals surface area contributed by atoms with Gasteiger partial charge in [-0.15, -0.1) is 6.58 Å². The fourth-order valence-corrected chi connectivity index (χ4v) is 3.89. The zero-order valence-corrected chi connectivity index (χ0v) is 17.4. The summed E-state index contributed by atoms with van der Waals surface area (Å²) in [7, 11) is 0. The van der Waals surface area contributed by atoms with Crippen molar-refractivity contribution in [3.63, 3.8) is 0 Å². The molecule has 0 saturated carbocycles. The van der Waals surface area contributed by atoms with Gasteiger partial charge in [-0.25, -0.2) is 4.79 Å². The second-order valence-electron chi connectivity index (χ2n) is 7.33. The summed E-state index contributed by atoms with van der Waals surface area (Å²) in [4.78, 5) is 37.3. The first-order valence-electron chi connectivity index (χ1n) is 10.2. The summed E-state index contributed by atoms with van der Waals surface area (Å²) >= 11 is 0. The quantitative estimate of drug-likeness (QED) is 0.604. The summed E-state index contributed by atoms with van der Waals surface area (Å²) in [5.41, 5.74) is 4.45. The molecule has 0 bridgehead atoms. The van der Waals surface area contributed by atoms with E-state index in [1.165, 1.54) is 6.08 Å². The summed E-state index contributed by atoms with van der Waals surface area (Å²) in [5, 5.41) is 11.6.